The Balaban J connectivity index is 2.02. The standard InChI is InChI=1S/C17H18BrNO2/c1-11-4-5-12(2)16(10-11)21-13(3)17(20)19-15-8-6-14(18)7-9-15/h4-10,13H,1-3H3,(H,19,20)/t13-/m0/s1. The Morgan fingerprint density at radius 3 is 2.48 bits per heavy atom. The van der Waals surface area contributed by atoms with Gasteiger partial charge < -0.3 is 10.1 Å². The van der Waals surface area contributed by atoms with Gasteiger partial charge in [0.05, 0.1) is 0 Å². The highest BCUT2D eigenvalue weighted by atomic mass is 79.9. The van der Waals surface area contributed by atoms with E-state index in [1.54, 1.807) is 6.92 Å². The Kier molecular flexibility index (Phi) is 5.02. The van der Waals surface area contributed by atoms with Gasteiger partial charge in [-0.25, -0.2) is 0 Å². The number of ether oxygens (including phenoxy) is 1. The first-order valence-electron chi connectivity index (χ1n) is 6.76. The summed E-state index contributed by atoms with van der Waals surface area (Å²) >= 11 is 3.36. The molecule has 2 aromatic carbocycles. The molecule has 4 heteroatoms. The fraction of sp³-hybridized carbons (Fsp3) is 0.235. The molecule has 0 aromatic heterocycles. The number of hydrogen-bond acceptors (Lipinski definition) is 2. The van der Waals surface area contributed by atoms with Gasteiger partial charge in [-0.05, 0) is 62.2 Å². The van der Waals surface area contributed by atoms with Crippen LogP contribution >= 0.6 is 15.9 Å². The van der Waals surface area contributed by atoms with E-state index in [9.17, 15) is 4.79 Å². The topological polar surface area (TPSA) is 38.3 Å². The maximum Gasteiger partial charge on any atom is 0.265 e. The average molecular weight is 348 g/mol. The lowest BCUT2D eigenvalue weighted by Crippen LogP contribution is -2.30. The molecule has 0 bridgehead atoms. The van der Waals surface area contributed by atoms with Crippen LogP contribution in [0.3, 0.4) is 0 Å². The van der Waals surface area contributed by atoms with Crippen molar-refractivity contribution in [2.45, 2.75) is 26.9 Å². The quantitative estimate of drug-likeness (QED) is 0.885. The van der Waals surface area contributed by atoms with Crippen molar-refractivity contribution < 1.29 is 9.53 Å². The highest BCUT2D eigenvalue weighted by molar-refractivity contribution is 9.10. The van der Waals surface area contributed by atoms with Gasteiger partial charge in [0, 0.05) is 10.2 Å². The summed E-state index contributed by atoms with van der Waals surface area (Å²) in [6.45, 7) is 5.71. The molecular formula is C17H18BrNO2. The number of nitrogens with one attached hydrogen (secondary N) is 1. The van der Waals surface area contributed by atoms with Crippen LogP contribution in [0.2, 0.25) is 0 Å². The molecule has 1 amide bonds. The zero-order valence-corrected chi connectivity index (χ0v) is 13.9. The highest BCUT2D eigenvalue weighted by Crippen LogP contribution is 2.21. The second kappa shape index (κ2) is 6.76. The fourth-order valence-electron chi connectivity index (χ4n) is 1.86. The molecule has 0 saturated carbocycles. The molecule has 1 atom stereocenters. The predicted octanol–water partition coefficient (Wildman–Crippen LogP) is 4.47. The van der Waals surface area contributed by atoms with E-state index in [1.165, 1.54) is 0 Å². The van der Waals surface area contributed by atoms with Gasteiger partial charge in [0.15, 0.2) is 6.10 Å². The van der Waals surface area contributed by atoms with E-state index in [4.69, 9.17) is 4.74 Å². The summed E-state index contributed by atoms with van der Waals surface area (Å²) in [7, 11) is 0. The summed E-state index contributed by atoms with van der Waals surface area (Å²) in [6.07, 6.45) is -0.561. The van der Waals surface area contributed by atoms with E-state index in [1.807, 2.05) is 56.3 Å². The van der Waals surface area contributed by atoms with Crippen molar-refractivity contribution in [2.75, 3.05) is 5.32 Å². The van der Waals surface area contributed by atoms with E-state index in [0.29, 0.717) is 0 Å². The van der Waals surface area contributed by atoms with Crippen LogP contribution in [0.25, 0.3) is 0 Å². The van der Waals surface area contributed by atoms with Crippen molar-refractivity contribution in [3.8, 4) is 5.75 Å². The third-order valence-corrected chi connectivity index (χ3v) is 3.66. The minimum absolute atomic E-state index is 0.168. The van der Waals surface area contributed by atoms with Crippen LogP contribution in [0.1, 0.15) is 18.1 Å². The Morgan fingerprint density at radius 1 is 1.14 bits per heavy atom. The van der Waals surface area contributed by atoms with E-state index < -0.39 is 6.10 Å². The molecule has 3 nitrogen and oxygen atoms in total. The number of rotatable bonds is 4. The molecule has 0 aliphatic rings. The fourth-order valence-corrected chi connectivity index (χ4v) is 2.12. The second-order valence-corrected chi connectivity index (χ2v) is 5.94. The molecule has 0 fully saturated rings. The molecule has 0 saturated heterocycles. The Bertz CT molecular complexity index is 638. The van der Waals surface area contributed by atoms with Gasteiger partial charge in [-0.15, -0.1) is 0 Å². The predicted molar refractivity (Wildman–Crippen MR) is 88.8 cm³/mol. The van der Waals surface area contributed by atoms with Gasteiger partial charge in [-0.1, -0.05) is 28.1 Å². The van der Waals surface area contributed by atoms with Gasteiger partial charge in [0.25, 0.3) is 5.91 Å². The lowest BCUT2D eigenvalue weighted by atomic mass is 10.1. The molecule has 0 heterocycles. The Labute approximate surface area is 133 Å². The second-order valence-electron chi connectivity index (χ2n) is 5.03. The zero-order chi connectivity index (χ0) is 15.4. The summed E-state index contributed by atoms with van der Waals surface area (Å²) < 4.78 is 6.73. The summed E-state index contributed by atoms with van der Waals surface area (Å²) in [6, 6.07) is 13.4. The summed E-state index contributed by atoms with van der Waals surface area (Å²) in [5, 5.41) is 2.84. The monoisotopic (exact) mass is 347 g/mol. The summed E-state index contributed by atoms with van der Waals surface area (Å²) in [4.78, 5) is 12.2. The number of amides is 1. The number of benzene rings is 2. The van der Waals surface area contributed by atoms with E-state index in [-0.39, 0.29) is 5.91 Å². The summed E-state index contributed by atoms with van der Waals surface area (Å²) in [5.74, 6) is 0.576. The van der Waals surface area contributed by atoms with E-state index in [0.717, 1.165) is 27.0 Å². The lowest BCUT2D eigenvalue weighted by Gasteiger charge is -2.16. The van der Waals surface area contributed by atoms with Crippen LogP contribution in [0.4, 0.5) is 5.69 Å². The maximum atomic E-state index is 12.2. The van der Waals surface area contributed by atoms with Crippen LogP contribution in [0, 0.1) is 13.8 Å². The smallest absolute Gasteiger partial charge is 0.265 e. The zero-order valence-electron chi connectivity index (χ0n) is 12.3. The summed E-state index contributed by atoms with van der Waals surface area (Å²) in [5.41, 5.74) is 2.87. The Morgan fingerprint density at radius 2 is 1.81 bits per heavy atom. The third kappa shape index (κ3) is 4.33. The molecular weight excluding hydrogens is 330 g/mol. The molecule has 0 aliphatic carbocycles. The van der Waals surface area contributed by atoms with Gasteiger partial charge in [-0.3, -0.25) is 4.79 Å². The van der Waals surface area contributed by atoms with Crippen molar-refractivity contribution in [3.05, 3.63) is 58.1 Å². The normalized spacial score (nSPS) is 11.8. The van der Waals surface area contributed by atoms with Crippen molar-refractivity contribution in [2.24, 2.45) is 0 Å². The van der Waals surface area contributed by atoms with Crippen molar-refractivity contribution in [3.63, 3.8) is 0 Å². The number of anilines is 1. The average Bonchev–Trinajstić information content (AvgIpc) is 2.45. The van der Waals surface area contributed by atoms with Crippen molar-refractivity contribution in [1.29, 1.82) is 0 Å². The SMILES string of the molecule is Cc1ccc(C)c(O[C@@H](C)C(=O)Nc2ccc(Br)cc2)c1. The molecule has 110 valence electrons. The van der Waals surface area contributed by atoms with Crippen molar-refractivity contribution >= 4 is 27.5 Å². The van der Waals surface area contributed by atoms with Crippen LogP contribution in [-0.2, 0) is 4.79 Å². The van der Waals surface area contributed by atoms with Gasteiger partial charge in [0.1, 0.15) is 5.75 Å². The number of hydrogen-bond donors (Lipinski definition) is 1. The number of carbonyl (C=O) groups excluding carboxylic acids is 1. The molecule has 0 aliphatic heterocycles. The van der Waals surface area contributed by atoms with E-state index >= 15 is 0 Å². The maximum absolute atomic E-state index is 12.2. The first-order chi connectivity index (χ1) is 9.95. The lowest BCUT2D eigenvalue weighted by molar-refractivity contribution is -0.122. The number of halogens is 1. The first-order valence-corrected chi connectivity index (χ1v) is 7.55. The van der Waals surface area contributed by atoms with Crippen molar-refractivity contribution in [1.82, 2.24) is 0 Å². The molecule has 0 radical (unpaired) electrons. The van der Waals surface area contributed by atoms with E-state index in [2.05, 4.69) is 21.2 Å². The minimum Gasteiger partial charge on any atom is -0.481 e. The van der Waals surface area contributed by atoms with Gasteiger partial charge >= 0.3 is 0 Å². The third-order valence-electron chi connectivity index (χ3n) is 3.13. The highest BCUT2D eigenvalue weighted by Gasteiger charge is 2.15. The molecule has 2 rings (SSSR count). The van der Waals surface area contributed by atoms with Crippen LogP contribution in [0.5, 0.6) is 5.75 Å². The molecule has 2 aromatic rings. The van der Waals surface area contributed by atoms with Crippen LogP contribution in [0.15, 0.2) is 46.9 Å². The van der Waals surface area contributed by atoms with Crippen LogP contribution in [-0.4, -0.2) is 12.0 Å². The number of carbonyl (C=O) groups is 1. The number of aryl methyl sites for hydroxylation is 2. The van der Waals surface area contributed by atoms with Crippen LogP contribution < -0.4 is 10.1 Å². The molecule has 0 unspecified atom stereocenters. The molecule has 0 spiro atoms. The van der Waals surface area contributed by atoms with Gasteiger partial charge in [-0.2, -0.15) is 0 Å². The molecule has 1 N–H and O–H groups in total. The minimum atomic E-state index is -0.561. The van der Waals surface area contributed by atoms with Gasteiger partial charge in [0.2, 0.25) is 0 Å². The first kappa shape index (κ1) is 15.6. The Hall–Kier alpha value is -1.81. The largest absolute Gasteiger partial charge is 0.481 e. The molecule has 21 heavy (non-hydrogen) atoms.